The van der Waals surface area contributed by atoms with Crippen molar-refractivity contribution in [1.29, 1.82) is 0 Å². The van der Waals surface area contributed by atoms with Crippen molar-refractivity contribution in [2.45, 2.75) is 25.7 Å². The maximum Gasteiger partial charge on any atom is 0.264 e. The third-order valence-corrected chi connectivity index (χ3v) is 5.38. The predicted octanol–water partition coefficient (Wildman–Crippen LogP) is 3.65. The van der Waals surface area contributed by atoms with E-state index in [-0.39, 0.29) is 12.5 Å². The van der Waals surface area contributed by atoms with Crippen molar-refractivity contribution in [3.63, 3.8) is 0 Å². The Morgan fingerprint density at radius 3 is 2.56 bits per heavy atom. The monoisotopic (exact) mass is 366 g/mol. The van der Waals surface area contributed by atoms with Crippen LogP contribution in [0.5, 0.6) is 11.5 Å². The summed E-state index contributed by atoms with van der Waals surface area (Å²) in [6.07, 6.45) is 4.49. The predicted molar refractivity (Wildman–Crippen MR) is 107 cm³/mol. The fourth-order valence-electron chi connectivity index (χ4n) is 3.95. The van der Waals surface area contributed by atoms with Crippen LogP contribution in [0, 0.1) is 0 Å². The molecule has 2 aliphatic heterocycles. The first-order chi connectivity index (χ1) is 13.3. The molecule has 142 valence electrons. The van der Waals surface area contributed by atoms with Gasteiger partial charge in [0.2, 0.25) is 0 Å². The Hall–Kier alpha value is -2.69. The second-order valence-electron chi connectivity index (χ2n) is 7.10. The minimum Gasteiger partial charge on any atom is -0.493 e. The normalized spacial score (nSPS) is 16.2. The molecule has 0 unspecified atom stereocenters. The van der Waals surface area contributed by atoms with Crippen molar-refractivity contribution in [2.24, 2.45) is 0 Å². The topological polar surface area (TPSA) is 42.0 Å². The van der Waals surface area contributed by atoms with Crippen LogP contribution in [0.2, 0.25) is 0 Å². The number of rotatable bonds is 5. The molecular formula is C22H26N2O3. The molecule has 0 bridgehead atoms. The largest absolute Gasteiger partial charge is 0.493 e. The van der Waals surface area contributed by atoms with Gasteiger partial charge in [0, 0.05) is 31.0 Å². The van der Waals surface area contributed by atoms with Crippen molar-refractivity contribution >= 4 is 17.3 Å². The Kier molecular flexibility index (Phi) is 5.19. The van der Waals surface area contributed by atoms with E-state index in [9.17, 15) is 4.79 Å². The van der Waals surface area contributed by atoms with Crippen LogP contribution in [0.15, 0.2) is 42.5 Å². The molecule has 27 heavy (non-hydrogen) atoms. The lowest BCUT2D eigenvalue weighted by Crippen LogP contribution is -2.38. The summed E-state index contributed by atoms with van der Waals surface area (Å²) < 4.78 is 11.1. The summed E-state index contributed by atoms with van der Waals surface area (Å²) in [5, 5.41) is 0. The number of hydrogen-bond acceptors (Lipinski definition) is 4. The Morgan fingerprint density at radius 2 is 1.78 bits per heavy atom. The first-order valence-electron chi connectivity index (χ1n) is 9.70. The van der Waals surface area contributed by atoms with Crippen molar-refractivity contribution < 1.29 is 14.3 Å². The number of carbonyl (C=O) groups is 1. The zero-order chi connectivity index (χ0) is 18.6. The van der Waals surface area contributed by atoms with E-state index in [2.05, 4.69) is 23.1 Å². The van der Waals surface area contributed by atoms with E-state index < -0.39 is 0 Å². The highest BCUT2D eigenvalue weighted by molar-refractivity contribution is 5.96. The lowest BCUT2D eigenvalue weighted by Gasteiger charge is -2.31. The molecule has 0 spiro atoms. The fraction of sp³-hybridized carbons (Fsp3) is 0.409. The van der Waals surface area contributed by atoms with Crippen LogP contribution in [0.4, 0.5) is 11.4 Å². The van der Waals surface area contributed by atoms with E-state index in [4.69, 9.17) is 9.47 Å². The van der Waals surface area contributed by atoms with Gasteiger partial charge in [0.05, 0.1) is 7.11 Å². The number of para-hydroxylation sites is 2. The highest BCUT2D eigenvalue weighted by atomic mass is 16.5. The molecule has 0 N–H and O–H groups in total. The average Bonchev–Trinajstić information content (AvgIpc) is 3.26. The molecular weight excluding hydrogens is 340 g/mol. The number of methoxy groups -OCH3 is 1. The molecule has 0 saturated carbocycles. The summed E-state index contributed by atoms with van der Waals surface area (Å²) >= 11 is 0. The third-order valence-electron chi connectivity index (χ3n) is 5.38. The highest BCUT2D eigenvalue weighted by Gasteiger charge is 2.24. The van der Waals surface area contributed by atoms with Gasteiger partial charge in [0.1, 0.15) is 0 Å². The van der Waals surface area contributed by atoms with E-state index in [1.54, 1.807) is 7.11 Å². The van der Waals surface area contributed by atoms with Crippen LogP contribution in [0.1, 0.15) is 24.8 Å². The Balaban J connectivity index is 1.51. The maximum absolute atomic E-state index is 12.9. The molecule has 0 radical (unpaired) electrons. The van der Waals surface area contributed by atoms with Gasteiger partial charge >= 0.3 is 0 Å². The minimum atomic E-state index is -0.0135. The van der Waals surface area contributed by atoms with Crippen LogP contribution >= 0.6 is 0 Å². The number of benzene rings is 2. The summed E-state index contributed by atoms with van der Waals surface area (Å²) in [4.78, 5) is 17.2. The number of fused-ring (bicyclic) bond motifs is 1. The van der Waals surface area contributed by atoms with Crippen molar-refractivity contribution in [3.8, 4) is 11.5 Å². The highest BCUT2D eigenvalue weighted by Crippen LogP contribution is 2.33. The first kappa shape index (κ1) is 17.7. The molecule has 0 aromatic heterocycles. The summed E-state index contributed by atoms with van der Waals surface area (Å²) in [6.45, 7) is 2.95. The van der Waals surface area contributed by atoms with E-state index in [0.717, 1.165) is 38.2 Å². The molecule has 4 rings (SSSR count). The number of hydrogen-bond donors (Lipinski definition) is 0. The number of anilines is 2. The van der Waals surface area contributed by atoms with Crippen LogP contribution < -0.4 is 19.3 Å². The van der Waals surface area contributed by atoms with Gasteiger partial charge in [0.25, 0.3) is 5.91 Å². The third kappa shape index (κ3) is 3.72. The van der Waals surface area contributed by atoms with Gasteiger partial charge in [-0.2, -0.15) is 0 Å². The second-order valence-corrected chi connectivity index (χ2v) is 7.10. The van der Waals surface area contributed by atoms with Crippen molar-refractivity contribution in [1.82, 2.24) is 0 Å². The molecule has 5 heteroatoms. The summed E-state index contributed by atoms with van der Waals surface area (Å²) in [5.41, 5.74) is 3.51. The van der Waals surface area contributed by atoms with E-state index in [1.807, 2.05) is 29.2 Å². The van der Waals surface area contributed by atoms with E-state index in [1.165, 1.54) is 24.1 Å². The lowest BCUT2D eigenvalue weighted by molar-refractivity contribution is -0.120. The summed E-state index contributed by atoms with van der Waals surface area (Å²) in [6, 6.07) is 14.0. The van der Waals surface area contributed by atoms with E-state index >= 15 is 0 Å². The average molecular weight is 366 g/mol. The van der Waals surface area contributed by atoms with Gasteiger partial charge in [0.15, 0.2) is 18.1 Å². The summed E-state index contributed by atoms with van der Waals surface area (Å²) in [5.74, 6) is 1.22. The molecule has 2 aromatic rings. The smallest absolute Gasteiger partial charge is 0.264 e. The quantitative estimate of drug-likeness (QED) is 0.810. The Bertz CT molecular complexity index is 815. The standard InChI is InChI=1S/C22H26N2O3/c1-26-20-8-2-3-9-21(20)27-16-22(25)24-14-6-7-17-10-11-18(15-19(17)24)23-12-4-5-13-23/h2-3,8-11,15H,4-7,12-14,16H2,1H3. The maximum atomic E-state index is 12.9. The molecule has 1 saturated heterocycles. The zero-order valence-corrected chi connectivity index (χ0v) is 15.8. The van der Waals surface area contributed by atoms with Crippen LogP contribution in [0.25, 0.3) is 0 Å². The summed E-state index contributed by atoms with van der Waals surface area (Å²) in [7, 11) is 1.60. The molecule has 0 atom stereocenters. The lowest BCUT2D eigenvalue weighted by atomic mass is 10.0. The van der Waals surface area contributed by atoms with Gasteiger partial charge in [-0.3, -0.25) is 4.79 Å². The molecule has 0 aliphatic carbocycles. The Labute approximate surface area is 160 Å². The van der Waals surface area contributed by atoms with Gasteiger partial charge < -0.3 is 19.3 Å². The number of carbonyl (C=O) groups excluding carboxylic acids is 1. The second kappa shape index (κ2) is 7.91. The Morgan fingerprint density at radius 1 is 1.00 bits per heavy atom. The SMILES string of the molecule is COc1ccccc1OCC(=O)N1CCCc2ccc(N3CCCC3)cc21. The van der Waals surface area contributed by atoms with Crippen LogP contribution in [-0.4, -0.2) is 39.3 Å². The number of aryl methyl sites for hydroxylation is 1. The van der Waals surface area contributed by atoms with Gasteiger partial charge in [-0.05, 0) is 55.5 Å². The van der Waals surface area contributed by atoms with Gasteiger partial charge in [-0.15, -0.1) is 0 Å². The molecule has 2 aliphatic rings. The first-order valence-corrected chi connectivity index (χ1v) is 9.70. The molecule has 1 amide bonds. The zero-order valence-electron chi connectivity index (χ0n) is 15.8. The van der Waals surface area contributed by atoms with Gasteiger partial charge in [-0.1, -0.05) is 18.2 Å². The molecule has 2 aromatic carbocycles. The van der Waals surface area contributed by atoms with Crippen LogP contribution in [0.3, 0.4) is 0 Å². The van der Waals surface area contributed by atoms with Crippen molar-refractivity contribution in [3.05, 3.63) is 48.0 Å². The molecule has 1 fully saturated rings. The van der Waals surface area contributed by atoms with E-state index in [0.29, 0.717) is 11.5 Å². The van der Waals surface area contributed by atoms with Gasteiger partial charge in [-0.25, -0.2) is 0 Å². The van der Waals surface area contributed by atoms with Crippen molar-refractivity contribution in [2.75, 3.05) is 43.2 Å². The number of ether oxygens (including phenoxy) is 2. The number of nitrogens with zero attached hydrogens (tertiary/aromatic N) is 2. The fourth-order valence-corrected chi connectivity index (χ4v) is 3.95. The van der Waals surface area contributed by atoms with Crippen LogP contribution in [-0.2, 0) is 11.2 Å². The molecule has 5 nitrogen and oxygen atoms in total. The minimum absolute atomic E-state index is 0.00769. The number of amides is 1. The molecule has 2 heterocycles.